The van der Waals surface area contributed by atoms with Crippen LogP contribution in [0.5, 0.6) is 0 Å². The van der Waals surface area contributed by atoms with E-state index in [-0.39, 0.29) is 23.8 Å². The van der Waals surface area contributed by atoms with Crippen LogP contribution in [0.15, 0.2) is 36.4 Å². The van der Waals surface area contributed by atoms with E-state index in [4.69, 9.17) is 11.6 Å². The van der Waals surface area contributed by atoms with Crippen molar-refractivity contribution in [1.29, 1.82) is 0 Å². The van der Waals surface area contributed by atoms with Gasteiger partial charge in [-0.2, -0.15) is 0 Å². The highest BCUT2D eigenvalue weighted by molar-refractivity contribution is 6.36. The maximum Gasteiger partial charge on any atom is 0.250 e. The lowest BCUT2D eigenvalue weighted by atomic mass is 9.75. The predicted molar refractivity (Wildman–Crippen MR) is 117 cm³/mol. The van der Waals surface area contributed by atoms with Gasteiger partial charge in [-0.3, -0.25) is 19.3 Å². The molecule has 1 N–H and O–H groups in total. The van der Waals surface area contributed by atoms with Crippen LogP contribution >= 0.6 is 11.6 Å². The van der Waals surface area contributed by atoms with Crippen LogP contribution in [-0.2, 0) is 19.9 Å². The van der Waals surface area contributed by atoms with Gasteiger partial charge >= 0.3 is 0 Å². The molecule has 1 spiro atoms. The Bertz CT molecular complexity index is 1190. The van der Waals surface area contributed by atoms with Gasteiger partial charge in [0.25, 0.3) is 0 Å². The lowest BCUT2D eigenvalue weighted by Crippen LogP contribution is -2.54. The van der Waals surface area contributed by atoms with Gasteiger partial charge in [0.1, 0.15) is 5.54 Å². The maximum atomic E-state index is 13.9. The number of nitrogens with one attached hydrogen (secondary N) is 1. The third-order valence-corrected chi connectivity index (χ3v) is 7.86. The van der Waals surface area contributed by atoms with Gasteiger partial charge in [-0.1, -0.05) is 41.4 Å². The van der Waals surface area contributed by atoms with Crippen molar-refractivity contribution in [3.05, 3.63) is 58.1 Å². The highest BCUT2D eigenvalue weighted by Crippen LogP contribution is 2.61. The first kappa shape index (κ1) is 19.0. The first-order chi connectivity index (χ1) is 14.9. The van der Waals surface area contributed by atoms with Crippen LogP contribution in [0.1, 0.15) is 29.5 Å². The second-order valence-electron chi connectivity index (χ2n) is 9.09. The van der Waals surface area contributed by atoms with Gasteiger partial charge in [-0.15, -0.1) is 0 Å². The van der Waals surface area contributed by atoms with Crippen molar-refractivity contribution in [3.63, 3.8) is 0 Å². The van der Waals surface area contributed by atoms with Crippen molar-refractivity contribution in [3.8, 4) is 0 Å². The topological polar surface area (TPSA) is 69.7 Å². The average molecular weight is 436 g/mol. The zero-order valence-electron chi connectivity index (χ0n) is 17.3. The Hall–Kier alpha value is -2.70. The molecular formula is C24H22ClN3O3. The number of para-hydroxylation sites is 1. The molecule has 2 aromatic carbocycles. The van der Waals surface area contributed by atoms with Crippen molar-refractivity contribution < 1.29 is 14.4 Å². The van der Waals surface area contributed by atoms with Crippen molar-refractivity contribution in [2.75, 3.05) is 16.8 Å². The summed E-state index contributed by atoms with van der Waals surface area (Å²) in [6.07, 6.45) is 1.70. The highest BCUT2D eigenvalue weighted by Gasteiger charge is 2.74. The van der Waals surface area contributed by atoms with Crippen LogP contribution in [0.25, 0.3) is 0 Å². The van der Waals surface area contributed by atoms with Gasteiger partial charge in [-0.25, -0.2) is 4.90 Å². The maximum absolute atomic E-state index is 13.9. The van der Waals surface area contributed by atoms with Gasteiger partial charge in [0.05, 0.1) is 22.5 Å². The van der Waals surface area contributed by atoms with Crippen LogP contribution in [0.2, 0.25) is 5.02 Å². The number of hydrogen-bond acceptors (Lipinski definition) is 4. The second kappa shape index (κ2) is 6.17. The summed E-state index contributed by atoms with van der Waals surface area (Å²) in [7, 11) is 0. The second-order valence-corrected chi connectivity index (χ2v) is 9.50. The highest BCUT2D eigenvalue weighted by atomic mass is 35.5. The summed E-state index contributed by atoms with van der Waals surface area (Å²) in [6.45, 7) is 4.66. The number of aryl methyl sites for hydroxylation is 2. The molecule has 4 aliphatic rings. The Kier molecular flexibility index (Phi) is 3.79. The van der Waals surface area contributed by atoms with E-state index in [1.807, 2.05) is 26.0 Å². The van der Waals surface area contributed by atoms with E-state index in [2.05, 4.69) is 10.2 Å². The number of halogens is 1. The van der Waals surface area contributed by atoms with E-state index in [1.54, 1.807) is 24.3 Å². The minimum Gasteiger partial charge on any atom is -0.324 e. The minimum atomic E-state index is -1.15. The fourth-order valence-electron chi connectivity index (χ4n) is 6.53. The number of amides is 3. The quantitative estimate of drug-likeness (QED) is 0.697. The van der Waals surface area contributed by atoms with E-state index in [9.17, 15) is 14.4 Å². The molecule has 4 aliphatic heterocycles. The third-order valence-electron chi connectivity index (χ3n) is 7.54. The molecule has 3 amide bonds. The van der Waals surface area contributed by atoms with E-state index >= 15 is 0 Å². The molecule has 3 saturated heterocycles. The average Bonchev–Trinajstić information content (AvgIpc) is 3.42. The number of fused-ring (bicyclic) bond motifs is 7. The van der Waals surface area contributed by atoms with E-state index in [1.165, 1.54) is 4.90 Å². The van der Waals surface area contributed by atoms with Gasteiger partial charge in [0.15, 0.2) is 0 Å². The number of benzene rings is 2. The Morgan fingerprint density at radius 3 is 2.65 bits per heavy atom. The van der Waals surface area contributed by atoms with Crippen LogP contribution in [0, 0.1) is 25.7 Å². The standard InChI is InChI=1S/C24H22ClN3O3/c1-12-10-13(2)20-14(11-12)24(23(31)26-20)19-18(17-8-5-9-27(17)24)21(29)28(22(19)30)16-7-4-3-6-15(16)25/h3-4,6-7,10-11,17-19H,5,8-9H2,1-2H3,(H,26,31)/t17-,18+,19-,24-/m0/s1. The van der Waals surface area contributed by atoms with Crippen molar-refractivity contribution in [2.45, 2.75) is 38.3 Å². The predicted octanol–water partition coefficient (Wildman–Crippen LogP) is 3.39. The summed E-state index contributed by atoms with van der Waals surface area (Å²) >= 11 is 6.37. The lowest BCUT2D eigenvalue weighted by molar-refractivity contribution is -0.135. The monoisotopic (exact) mass is 435 g/mol. The summed E-state index contributed by atoms with van der Waals surface area (Å²) in [6, 6.07) is 10.8. The Labute approximate surface area is 185 Å². The molecule has 7 heteroatoms. The van der Waals surface area contributed by atoms with Crippen LogP contribution < -0.4 is 10.2 Å². The molecule has 6 nitrogen and oxygen atoms in total. The first-order valence-electron chi connectivity index (χ1n) is 10.7. The van der Waals surface area contributed by atoms with Gasteiger partial charge in [0.2, 0.25) is 17.7 Å². The number of anilines is 2. The molecule has 4 atom stereocenters. The van der Waals surface area contributed by atoms with E-state index < -0.39 is 17.4 Å². The van der Waals surface area contributed by atoms with Gasteiger partial charge < -0.3 is 5.32 Å². The first-order valence-corrected chi connectivity index (χ1v) is 11.1. The molecular weight excluding hydrogens is 414 g/mol. The molecule has 0 radical (unpaired) electrons. The van der Waals surface area contributed by atoms with E-state index in [0.29, 0.717) is 17.3 Å². The summed E-state index contributed by atoms with van der Waals surface area (Å²) in [5, 5.41) is 3.41. The van der Waals surface area contributed by atoms with Crippen LogP contribution in [0.3, 0.4) is 0 Å². The largest absolute Gasteiger partial charge is 0.324 e. The zero-order valence-corrected chi connectivity index (χ0v) is 18.1. The molecule has 31 heavy (non-hydrogen) atoms. The number of hydrogen-bond donors (Lipinski definition) is 1. The molecule has 0 saturated carbocycles. The fourth-order valence-corrected chi connectivity index (χ4v) is 6.75. The van der Waals surface area contributed by atoms with Crippen molar-refractivity contribution in [1.82, 2.24) is 4.90 Å². The number of carbonyl (C=O) groups excluding carboxylic acids is 3. The number of carbonyl (C=O) groups is 3. The molecule has 0 aromatic heterocycles. The Balaban J connectivity index is 1.60. The molecule has 0 bridgehead atoms. The Morgan fingerprint density at radius 1 is 1.10 bits per heavy atom. The van der Waals surface area contributed by atoms with Gasteiger partial charge in [0, 0.05) is 17.3 Å². The molecule has 0 aliphatic carbocycles. The summed E-state index contributed by atoms with van der Waals surface area (Å²) in [5.74, 6) is -2.09. The SMILES string of the molecule is Cc1cc(C)c2c(c1)[C@@]1(C(=O)N2)[C@@H]2C(=O)N(c3ccccc3Cl)C(=O)[C@@H]2[C@@H]2CCCN21. The van der Waals surface area contributed by atoms with Gasteiger partial charge in [-0.05, 0) is 50.9 Å². The number of imide groups is 1. The number of nitrogens with zero attached hydrogens (tertiary/aromatic N) is 2. The molecule has 158 valence electrons. The number of rotatable bonds is 1. The molecule has 0 unspecified atom stereocenters. The fraction of sp³-hybridized carbons (Fsp3) is 0.375. The lowest BCUT2D eigenvalue weighted by Gasteiger charge is -2.37. The zero-order chi connectivity index (χ0) is 21.7. The summed E-state index contributed by atoms with van der Waals surface area (Å²) in [4.78, 5) is 44.7. The van der Waals surface area contributed by atoms with Crippen LogP contribution in [-0.4, -0.2) is 35.2 Å². The normalized spacial score (nSPS) is 31.4. The molecule has 4 heterocycles. The summed E-state index contributed by atoms with van der Waals surface area (Å²) in [5.41, 5.74) is 2.85. The molecule has 6 rings (SSSR count). The van der Waals surface area contributed by atoms with Crippen molar-refractivity contribution in [2.24, 2.45) is 11.8 Å². The smallest absolute Gasteiger partial charge is 0.250 e. The minimum absolute atomic E-state index is 0.133. The van der Waals surface area contributed by atoms with Crippen LogP contribution in [0.4, 0.5) is 11.4 Å². The molecule has 2 aromatic rings. The van der Waals surface area contributed by atoms with Crippen molar-refractivity contribution >= 4 is 40.7 Å². The summed E-state index contributed by atoms with van der Waals surface area (Å²) < 4.78 is 0. The molecule has 3 fully saturated rings. The third kappa shape index (κ3) is 2.14. The van der Waals surface area contributed by atoms with E-state index in [0.717, 1.165) is 35.2 Å². The Morgan fingerprint density at radius 2 is 1.87 bits per heavy atom.